The lowest BCUT2D eigenvalue weighted by Crippen LogP contribution is -2.26. The maximum Gasteiger partial charge on any atom is 0.224 e. The molecule has 0 aromatic rings. The van der Waals surface area contributed by atoms with Gasteiger partial charge in [-0.05, 0) is 12.8 Å². The van der Waals surface area contributed by atoms with Crippen LogP contribution in [-0.2, 0) is 16.7 Å². The molecule has 5 heteroatoms. The lowest BCUT2D eigenvalue weighted by atomic mass is 10.5. The molecule has 2 heterocycles. The van der Waals surface area contributed by atoms with Gasteiger partial charge in [0.05, 0.1) is 26.4 Å². The Morgan fingerprint density at radius 3 is 1.36 bits per heavy atom. The van der Waals surface area contributed by atoms with Gasteiger partial charge in [-0.2, -0.15) is 0 Å². The summed E-state index contributed by atoms with van der Waals surface area (Å²) in [5.74, 6) is 0. The second-order valence-corrected chi connectivity index (χ2v) is 4.16. The van der Waals surface area contributed by atoms with Gasteiger partial charge in [0.2, 0.25) is 11.2 Å². The first-order valence-electron chi connectivity index (χ1n) is 3.82. The van der Waals surface area contributed by atoms with Gasteiger partial charge in [0.15, 0.2) is 0 Å². The normalized spacial score (nSPS) is 33.5. The fraction of sp³-hybridized carbons (Fsp3) is 1.00. The van der Waals surface area contributed by atoms with Crippen LogP contribution in [0.4, 0.5) is 0 Å². The molecule has 0 amide bonds. The van der Waals surface area contributed by atoms with Crippen molar-refractivity contribution in [1.29, 1.82) is 0 Å². The molecule has 11 heavy (non-hydrogen) atoms. The highest BCUT2D eigenvalue weighted by molar-refractivity contribution is 8.17. The Labute approximate surface area is 67.9 Å². The van der Waals surface area contributed by atoms with Crippen molar-refractivity contribution >= 4 is 11.2 Å². The van der Waals surface area contributed by atoms with Gasteiger partial charge in [-0.25, -0.2) is 0 Å². The van der Waals surface area contributed by atoms with Crippen molar-refractivity contribution in [3.63, 3.8) is 0 Å². The van der Waals surface area contributed by atoms with Crippen LogP contribution in [0.3, 0.4) is 0 Å². The van der Waals surface area contributed by atoms with E-state index in [1.54, 1.807) is 0 Å². The summed E-state index contributed by atoms with van der Waals surface area (Å²) in [5.41, 5.74) is 0. The Bertz CT molecular complexity index is 109. The molecule has 0 saturated carbocycles. The molecule has 0 aromatic heterocycles. The molecule has 0 bridgehead atoms. The van der Waals surface area contributed by atoms with E-state index in [2.05, 4.69) is 0 Å². The van der Waals surface area contributed by atoms with E-state index >= 15 is 0 Å². The molecule has 1 spiro atoms. The first-order valence-corrected chi connectivity index (χ1v) is 5.15. The third-order valence-electron chi connectivity index (χ3n) is 1.49. The van der Waals surface area contributed by atoms with Gasteiger partial charge in [0.25, 0.3) is 0 Å². The van der Waals surface area contributed by atoms with Crippen LogP contribution in [0.25, 0.3) is 0 Å². The first kappa shape index (κ1) is 7.82. The van der Waals surface area contributed by atoms with Crippen molar-refractivity contribution in [2.45, 2.75) is 12.8 Å². The van der Waals surface area contributed by atoms with Crippen molar-refractivity contribution in [2.24, 2.45) is 0 Å². The van der Waals surface area contributed by atoms with Crippen LogP contribution in [0, 0.1) is 0 Å². The van der Waals surface area contributed by atoms with Crippen molar-refractivity contribution in [3.8, 4) is 0 Å². The lowest BCUT2D eigenvalue weighted by Gasteiger charge is -2.40. The van der Waals surface area contributed by atoms with Crippen molar-refractivity contribution in [3.05, 3.63) is 0 Å². The molecule has 2 aliphatic rings. The molecular formula is C6H12O4S. The van der Waals surface area contributed by atoms with Gasteiger partial charge in [0, 0.05) is 0 Å². The van der Waals surface area contributed by atoms with Crippen LogP contribution in [0.5, 0.6) is 0 Å². The fourth-order valence-corrected chi connectivity index (χ4v) is 2.66. The second kappa shape index (κ2) is 3.28. The third kappa shape index (κ3) is 1.68. The summed E-state index contributed by atoms with van der Waals surface area (Å²) < 4.78 is 21.3. The van der Waals surface area contributed by atoms with Gasteiger partial charge in [0.1, 0.15) is 0 Å². The van der Waals surface area contributed by atoms with E-state index in [1.165, 1.54) is 0 Å². The summed E-state index contributed by atoms with van der Waals surface area (Å²) in [4.78, 5) is 0. The average molecular weight is 180 g/mol. The highest BCUT2D eigenvalue weighted by atomic mass is 32.3. The number of hydrogen-bond acceptors (Lipinski definition) is 4. The minimum absolute atomic E-state index is 0.690. The van der Waals surface area contributed by atoms with Crippen LogP contribution in [0.15, 0.2) is 0 Å². The molecule has 0 aromatic carbocycles. The van der Waals surface area contributed by atoms with E-state index in [-0.39, 0.29) is 0 Å². The summed E-state index contributed by atoms with van der Waals surface area (Å²) in [6, 6.07) is 0. The average Bonchev–Trinajstić information content (AvgIpc) is 2.07. The summed E-state index contributed by atoms with van der Waals surface area (Å²) in [6.45, 7) is 2.76. The standard InChI is InChI=1S/C6H12O4S/c1-3-7-11(8-4-1)9-5-2-6-10-11/h1-6H2. The molecule has 4 nitrogen and oxygen atoms in total. The van der Waals surface area contributed by atoms with Gasteiger partial charge in [-0.1, -0.05) is 0 Å². The van der Waals surface area contributed by atoms with Crippen LogP contribution in [0.1, 0.15) is 12.8 Å². The molecule has 0 unspecified atom stereocenters. The Morgan fingerprint density at radius 1 is 0.636 bits per heavy atom. The summed E-state index contributed by atoms with van der Waals surface area (Å²) >= 11 is -2.00. The quantitative estimate of drug-likeness (QED) is 0.563. The van der Waals surface area contributed by atoms with E-state index in [1.807, 2.05) is 0 Å². The van der Waals surface area contributed by atoms with E-state index in [9.17, 15) is 0 Å². The van der Waals surface area contributed by atoms with Gasteiger partial charge >= 0.3 is 0 Å². The van der Waals surface area contributed by atoms with Crippen LogP contribution in [0.2, 0.25) is 0 Å². The number of hydrogen-bond donors (Lipinski definition) is 0. The minimum Gasteiger partial charge on any atom is -0.271 e. The second-order valence-electron chi connectivity index (χ2n) is 2.40. The topological polar surface area (TPSA) is 36.9 Å². The predicted molar refractivity (Wildman–Crippen MR) is 40.6 cm³/mol. The molecule has 0 aliphatic carbocycles. The van der Waals surface area contributed by atoms with Crippen molar-refractivity contribution in [2.75, 3.05) is 26.4 Å². The van der Waals surface area contributed by atoms with E-state index in [0.29, 0.717) is 26.4 Å². The molecule has 0 N–H and O–H groups in total. The van der Waals surface area contributed by atoms with Gasteiger partial charge in [-0.3, -0.25) is 16.7 Å². The molecule has 0 radical (unpaired) electrons. The largest absolute Gasteiger partial charge is 0.271 e. The minimum atomic E-state index is -2.00. The highest BCUT2D eigenvalue weighted by Gasteiger charge is 2.34. The van der Waals surface area contributed by atoms with E-state index in [4.69, 9.17) is 16.7 Å². The smallest absolute Gasteiger partial charge is 0.224 e. The van der Waals surface area contributed by atoms with E-state index in [0.717, 1.165) is 12.8 Å². The molecule has 2 saturated heterocycles. The molecular weight excluding hydrogens is 168 g/mol. The lowest BCUT2D eigenvalue weighted by molar-refractivity contribution is 0.0341. The predicted octanol–water partition coefficient (Wildman–Crippen LogP) is 1.32. The maximum atomic E-state index is 5.32. The summed E-state index contributed by atoms with van der Waals surface area (Å²) in [5, 5.41) is 0. The zero-order valence-corrected chi connectivity index (χ0v) is 7.10. The first-order chi connectivity index (χ1) is 5.41. The maximum absolute atomic E-state index is 5.32. The van der Waals surface area contributed by atoms with E-state index < -0.39 is 11.2 Å². The fourth-order valence-electron chi connectivity index (χ4n) is 0.966. The highest BCUT2D eigenvalue weighted by Crippen LogP contribution is 2.56. The molecule has 2 fully saturated rings. The van der Waals surface area contributed by atoms with Crippen LogP contribution in [-0.4, -0.2) is 26.4 Å². The zero-order chi connectivity index (χ0) is 7.57. The third-order valence-corrected chi connectivity index (χ3v) is 3.31. The Balaban J connectivity index is 1.94. The Morgan fingerprint density at radius 2 is 1.00 bits per heavy atom. The number of rotatable bonds is 0. The Kier molecular flexibility index (Phi) is 2.33. The molecule has 2 aliphatic heterocycles. The monoisotopic (exact) mass is 180 g/mol. The molecule has 66 valence electrons. The zero-order valence-electron chi connectivity index (χ0n) is 6.28. The Hall–Kier alpha value is 0.190. The van der Waals surface area contributed by atoms with Gasteiger partial charge in [-0.15, -0.1) is 0 Å². The van der Waals surface area contributed by atoms with Crippen LogP contribution < -0.4 is 0 Å². The molecule has 2 rings (SSSR count). The SMILES string of the molecule is C1COS2(OC1)OCCCO2. The van der Waals surface area contributed by atoms with Gasteiger partial charge < -0.3 is 0 Å². The van der Waals surface area contributed by atoms with Crippen LogP contribution >= 0.6 is 11.2 Å². The summed E-state index contributed by atoms with van der Waals surface area (Å²) in [6.07, 6.45) is 1.86. The van der Waals surface area contributed by atoms with Crippen molar-refractivity contribution < 1.29 is 16.7 Å². The molecule has 0 atom stereocenters. The van der Waals surface area contributed by atoms with Crippen molar-refractivity contribution in [1.82, 2.24) is 0 Å². The summed E-state index contributed by atoms with van der Waals surface area (Å²) in [7, 11) is 0.